The van der Waals surface area contributed by atoms with Crippen molar-refractivity contribution in [3.63, 3.8) is 0 Å². The van der Waals surface area contributed by atoms with Gasteiger partial charge in [-0.2, -0.15) is 0 Å². The van der Waals surface area contributed by atoms with Crippen LogP contribution in [0.5, 0.6) is 0 Å². The molecule has 3 atom stereocenters. The first-order valence-electron chi connectivity index (χ1n) is 30.2. The molecule has 0 aliphatic carbocycles. The third-order valence-corrected chi connectivity index (χ3v) is 14.9. The molecule has 0 aliphatic rings. The second-order valence-corrected chi connectivity index (χ2v) is 23.5. The second kappa shape index (κ2) is 51.9. The van der Waals surface area contributed by atoms with Crippen molar-refractivity contribution in [3.8, 4) is 0 Å². The van der Waals surface area contributed by atoms with Crippen molar-refractivity contribution in [1.29, 1.82) is 0 Å². The van der Waals surface area contributed by atoms with Crippen molar-refractivity contribution in [2.75, 3.05) is 40.9 Å². The SMILES string of the molecule is CCCCCCCCCCCCCC/C=C\CCCCCCCCCCC(=O)NC(COP(=O)(O)OCC[N+](C)(C)C)C(O)/C=C/CCCCCCCCCCCCCCCCCCCCCCC. The van der Waals surface area contributed by atoms with Crippen LogP contribution in [0.4, 0.5) is 0 Å². The third kappa shape index (κ3) is 54.6. The molecule has 0 aromatic heterocycles. The fourth-order valence-electron chi connectivity index (χ4n) is 9.16. The number of phosphoric acid groups is 1. The van der Waals surface area contributed by atoms with E-state index < -0.39 is 20.0 Å². The molecule has 0 radical (unpaired) electrons. The maximum Gasteiger partial charge on any atom is 0.472 e. The largest absolute Gasteiger partial charge is 0.472 e. The number of carbonyl (C=O) groups is 1. The molecule has 0 spiro atoms. The lowest BCUT2D eigenvalue weighted by Gasteiger charge is -2.25. The highest BCUT2D eigenvalue weighted by Gasteiger charge is 2.27. The average Bonchev–Trinajstić information content (AvgIpc) is 3.31. The van der Waals surface area contributed by atoms with Crippen LogP contribution in [-0.4, -0.2) is 73.4 Å². The molecular formula is C60H120N2O6P+. The van der Waals surface area contributed by atoms with Gasteiger partial charge in [-0.15, -0.1) is 0 Å². The summed E-state index contributed by atoms with van der Waals surface area (Å²) in [6, 6.07) is -0.847. The van der Waals surface area contributed by atoms with E-state index in [1.54, 1.807) is 6.08 Å². The number of unbranched alkanes of at least 4 members (excludes halogenated alkanes) is 41. The molecule has 0 saturated heterocycles. The number of amides is 1. The Bertz CT molecular complexity index is 1170. The lowest BCUT2D eigenvalue weighted by atomic mass is 10.0. The van der Waals surface area contributed by atoms with Crippen molar-refractivity contribution in [3.05, 3.63) is 24.3 Å². The molecule has 3 unspecified atom stereocenters. The quantitative estimate of drug-likeness (QED) is 0.0243. The van der Waals surface area contributed by atoms with Crippen LogP contribution in [0.3, 0.4) is 0 Å². The van der Waals surface area contributed by atoms with Gasteiger partial charge in [0.2, 0.25) is 5.91 Å². The number of carbonyl (C=O) groups excluding carboxylic acids is 1. The van der Waals surface area contributed by atoms with Crippen LogP contribution in [-0.2, 0) is 18.4 Å². The average molecular weight is 997 g/mol. The summed E-state index contributed by atoms with van der Waals surface area (Å²) in [5, 5.41) is 14.0. The lowest BCUT2D eigenvalue weighted by molar-refractivity contribution is -0.870. The van der Waals surface area contributed by atoms with Crippen LogP contribution in [0.1, 0.15) is 303 Å². The summed E-state index contributed by atoms with van der Waals surface area (Å²) < 4.78 is 23.7. The van der Waals surface area contributed by atoms with Gasteiger partial charge in [-0.1, -0.05) is 276 Å². The number of rotatable bonds is 56. The summed E-state index contributed by atoms with van der Waals surface area (Å²) in [4.78, 5) is 23.3. The molecular weight excluding hydrogens is 876 g/mol. The highest BCUT2D eigenvalue weighted by molar-refractivity contribution is 7.47. The van der Waals surface area contributed by atoms with Gasteiger partial charge in [0, 0.05) is 6.42 Å². The normalized spacial score (nSPS) is 14.0. The fraction of sp³-hybridized carbons (Fsp3) is 0.917. The molecule has 69 heavy (non-hydrogen) atoms. The first-order chi connectivity index (χ1) is 33.5. The smallest absolute Gasteiger partial charge is 0.387 e. The van der Waals surface area contributed by atoms with Crippen LogP contribution in [0.15, 0.2) is 24.3 Å². The van der Waals surface area contributed by atoms with E-state index in [1.165, 1.54) is 244 Å². The minimum absolute atomic E-state index is 0.0627. The minimum Gasteiger partial charge on any atom is -0.387 e. The zero-order valence-corrected chi connectivity index (χ0v) is 47.7. The topological polar surface area (TPSA) is 105 Å². The van der Waals surface area contributed by atoms with Crippen molar-refractivity contribution in [2.45, 2.75) is 315 Å². The van der Waals surface area contributed by atoms with Crippen LogP contribution in [0.2, 0.25) is 0 Å². The van der Waals surface area contributed by atoms with Crippen LogP contribution >= 0.6 is 7.82 Å². The molecule has 0 fully saturated rings. The molecule has 9 heteroatoms. The standard InChI is InChI=1S/C60H119N2O6P/c1-6-8-10-12-14-16-18-20-22-24-26-28-30-32-34-36-38-40-42-44-46-48-50-52-54-60(64)61-58(57-68-69(65,66)67-56-55-62(3,4)5)59(63)53-51-49-47-45-43-41-39-37-35-33-31-29-27-25-23-21-19-17-15-13-11-9-7-2/h32,34,51,53,58-59,63H,6-31,33,35-50,52,54-57H2,1-5H3,(H-,61,64,65,66)/p+1/b34-32-,53-51+. The summed E-state index contributed by atoms with van der Waals surface area (Å²) in [5.74, 6) is -0.175. The predicted molar refractivity (Wildman–Crippen MR) is 300 cm³/mol. The summed E-state index contributed by atoms with van der Waals surface area (Å²) in [6.45, 7) is 4.86. The van der Waals surface area contributed by atoms with Crippen molar-refractivity contribution >= 4 is 13.7 Å². The maximum atomic E-state index is 13.0. The van der Waals surface area contributed by atoms with Gasteiger partial charge in [0.15, 0.2) is 0 Å². The summed E-state index contributed by atoms with van der Waals surface area (Å²) >= 11 is 0. The number of likely N-dealkylation sites (N-methyl/N-ethyl adjacent to an activating group) is 1. The number of aliphatic hydroxyl groups excluding tert-OH is 1. The van der Waals surface area contributed by atoms with Crippen molar-refractivity contribution in [1.82, 2.24) is 5.32 Å². The Balaban J connectivity index is 4.18. The van der Waals surface area contributed by atoms with E-state index in [0.29, 0.717) is 17.4 Å². The number of hydrogen-bond acceptors (Lipinski definition) is 5. The Labute approximate surface area is 430 Å². The number of nitrogens with one attached hydrogen (secondary N) is 1. The van der Waals surface area contributed by atoms with Gasteiger partial charge in [-0.25, -0.2) is 4.57 Å². The molecule has 0 saturated carbocycles. The molecule has 3 N–H and O–H groups in total. The number of hydrogen-bond donors (Lipinski definition) is 3. The fourth-order valence-corrected chi connectivity index (χ4v) is 9.89. The van der Waals surface area contributed by atoms with E-state index in [-0.39, 0.29) is 19.1 Å². The van der Waals surface area contributed by atoms with Crippen molar-refractivity contribution in [2.24, 2.45) is 0 Å². The lowest BCUT2D eigenvalue weighted by Crippen LogP contribution is -2.45. The van der Waals surface area contributed by atoms with Gasteiger partial charge >= 0.3 is 7.82 Å². The zero-order chi connectivity index (χ0) is 50.6. The molecule has 0 aromatic carbocycles. The molecule has 0 heterocycles. The van der Waals surface area contributed by atoms with Crippen molar-refractivity contribution < 1.29 is 32.9 Å². The van der Waals surface area contributed by atoms with Gasteiger partial charge in [0.05, 0.1) is 39.9 Å². The number of phosphoric ester groups is 1. The molecule has 410 valence electrons. The number of nitrogens with zero attached hydrogens (tertiary/aromatic N) is 1. The molecule has 0 bridgehead atoms. The number of quaternary nitrogens is 1. The molecule has 8 nitrogen and oxygen atoms in total. The molecule has 0 aliphatic heterocycles. The number of aliphatic hydroxyl groups is 1. The van der Waals surface area contributed by atoms with Crippen LogP contribution < -0.4 is 5.32 Å². The third-order valence-electron chi connectivity index (χ3n) is 13.9. The predicted octanol–water partition coefficient (Wildman–Crippen LogP) is 18.4. The summed E-state index contributed by atoms with van der Waals surface area (Å²) in [5.41, 5.74) is 0. The molecule has 0 rings (SSSR count). The Hall–Kier alpha value is -1.02. The van der Waals surface area contributed by atoms with E-state index in [1.807, 2.05) is 27.2 Å². The Morgan fingerprint density at radius 2 is 0.783 bits per heavy atom. The van der Waals surface area contributed by atoms with Crippen LogP contribution in [0.25, 0.3) is 0 Å². The van der Waals surface area contributed by atoms with Gasteiger partial charge in [0.1, 0.15) is 13.2 Å². The Morgan fingerprint density at radius 1 is 0.478 bits per heavy atom. The van der Waals surface area contributed by atoms with E-state index in [4.69, 9.17) is 9.05 Å². The monoisotopic (exact) mass is 996 g/mol. The van der Waals surface area contributed by atoms with Gasteiger partial charge in [-0.05, 0) is 44.9 Å². The van der Waals surface area contributed by atoms with E-state index in [2.05, 4.69) is 31.3 Å². The first kappa shape index (κ1) is 68.0. The second-order valence-electron chi connectivity index (χ2n) is 22.1. The molecule has 0 aromatic rings. The zero-order valence-electron chi connectivity index (χ0n) is 46.8. The Morgan fingerprint density at radius 3 is 1.12 bits per heavy atom. The van der Waals surface area contributed by atoms with Gasteiger partial charge in [-0.3, -0.25) is 13.8 Å². The van der Waals surface area contributed by atoms with E-state index >= 15 is 0 Å². The maximum absolute atomic E-state index is 13.0. The van der Waals surface area contributed by atoms with E-state index in [0.717, 1.165) is 38.5 Å². The minimum atomic E-state index is -4.35. The highest BCUT2D eigenvalue weighted by Crippen LogP contribution is 2.43. The van der Waals surface area contributed by atoms with Crippen LogP contribution in [0, 0.1) is 0 Å². The summed E-state index contributed by atoms with van der Waals surface area (Å²) in [7, 11) is 1.58. The summed E-state index contributed by atoms with van der Waals surface area (Å²) in [6.07, 6.45) is 65.7. The Kier molecular flexibility index (Phi) is 51.1. The van der Waals surface area contributed by atoms with Gasteiger partial charge < -0.3 is 19.8 Å². The first-order valence-corrected chi connectivity index (χ1v) is 31.7. The van der Waals surface area contributed by atoms with E-state index in [9.17, 15) is 19.4 Å². The highest BCUT2D eigenvalue weighted by atomic mass is 31.2. The van der Waals surface area contributed by atoms with Gasteiger partial charge in [0.25, 0.3) is 0 Å². The molecule has 1 amide bonds. The number of allylic oxidation sites excluding steroid dienone is 3.